The number of hydrogen-bond donors (Lipinski definition) is 1. The number of aliphatic hydroxyl groups excluding tert-OH is 1. The van der Waals surface area contributed by atoms with Gasteiger partial charge in [0.2, 0.25) is 0 Å². The van der Waals surface area contributed by atoms with Gasteiger partial charge in [-0.05, 0) is 24.1 Å². The first-order valence-electron chi connectivity index (χ1n) is 11.3. The maximum absolute atomic E-state index is 13.0. The van der Waals surface area contributed by atoms with Gasteiger partial charge in [-0.25, -0.2) is 0 Å². The van der Waals surface area contributed by atoms with Crippen molar-refractivity contribution in [1.82, 2.24) is 0 Å². The van der Waals surface area contributed by atoms with E-state index in [9.17, 15) is 9.90 Å². The minimum absolute atomic E-state index is 0.0212. The predicted molar refractivity (Wildman–Crippen MR) is 131 cm³/mol. The number of carbonyl (C=O) groups is 1. The monoisotopic (exact) mass is 438 g/mol. The van der Waals surface area contributed by atoms with Crippen molar-refractivity contribution in [3.8, 4) is 0 Å². The zero-order valence-corrected chi connectivity index (χ0v) is 20.7. The summed E-state index contributed by atoms with van der Waals surface area (Å²) in [5, 5.41) is 12.0. The van der Waals surface area contributed by atoms with Gasteiger partial charge in [0.25, 0.3) is 0 Å². The predicted octanol–water partition coefficient (Wildman–Crippen LogP) is 5.77. The molecule has 0 fully saturated rings. The highest BCUT2D eigenvalue weighted by molar-refractivity contribution is 6.84. The molecule has 3 atom stereocenters. The van der Waals surface area contributed by atoms with E-state index < -0.39 is 20.1 Å². The van der Waals surface area contributed by atoms with E-state index in [0.29, 0.717) is 13.2 Å². The summed E-state index contributed by atoms with van der Waals surface area (Å²) in [6, 6.07) is 21.5. The summed E-state index contributed by atoms with van der Waals surface area (Å²) in [6.07, 6.45) is 1.98. The van der Waals surface area contributed by atoms with E-state index in [0.717, 1.165) is 18.0 Å². The molecule has 4 heteroatoms. The van der Waals surface area contributed by atoms with Crippen molar-refractivity contribution in [1.29, 1.82) is 0 Å². The van der Waals surface area contributed by atoms with Crippen LogP contribution < -0.4 is 0 Å². The Balaban J connectivity index is 1.96. The van der Waals surface area contributed by atoms with Gasteiger partial charge in [-0.3, -0.25) is 4.79 Å². The summed E-state index contributed by atoms with van der Waals surface area (Å²) in [6.45, 7) is 11.5. The highest BCUT2D eigenvalue weighted by Crippen LogP contribution is 2.25. The lowest BCUT2D eigenvalue weighted by Crippen LogP contribution is -2.36. The van der Waals surface area contributed by atoms with Crippen LogP contribution in [-0.2, 0) is 22.2 Å². The summed E-state index contributed by atoms with van der Waals surface area (Å²) in [7, 11) is -1.77. The summed E-state index contributed by atoms with van der Waals surface area (Å²) in [5.74, 6) is -0.540. The van der Waals surface area contributed by atoms with E-state index >= 15 is 0 Å². The lowest BCUT2D eigenvalue weighted by molar-refractivity contribution is -0.122. The molecule has 168 valence electrons. The molecule has 3 nitrogen and oxygen atoms in total. The Morgan fingerprint density at radius 2 is 1.55 bits per heavy atom. The van der Waals surface area contributed by atoms with E-state index in [4.69, 9.17) is 4.74 Å². The van der Waals surface area contributed by atoms with Crippen LogP contribution in [0, 0.1) is 11.8 Å². The lowest BCUT2D eigenvalue weighted by Gasteiger charge is -2.27. The molecular weight excluding hydrogens is 400 g/mol. The molecule has 0 aliphatic carbocycles. The number of ether oxygens (including phenoxy) is 1. The Bertz CT molecular complexity index is 830. The third-order valence-electron chi connectivity index (χ3n) is 6.09. The van der Waals surface area contributed by atoms with Crippen LogP contribution in [0.3, 0.4) is 0 Å². The second-order valence-corrected chi connectivity index (χ2v) is 14.0. The molecule has 0 aliphatic heterocycles. The fourth-order valence-corrected chi connectivity index (χ4v) is 6.97. The number of allylic oxidation sites excluding steroid dienone is 2. The Labute approximate surface area is 189 Å². The molecule has 2 rings (SSSR count). The third kappa shape index (κ3) is 7.88. The minimum atomic E-state index is -1.77. The maximum atomic E-state index is 13.0. The molecule has 2 aromatic rings. The second-order valence-electron chi connectivity index (χ2n) is 9.23. The van der Waals surface area contributed by atoms with Crippen molar-refractivity contribution in [2.75, 3.05) is 6.61 Å². The zero-order chi connectivity index (χ0) is 22.9. The normalized spacial score (nSPS) is 15.4. The number of rotatable bonds is 12. The van der Waals surface area contributed by atoms with Crippen LogP contribution in [0.1, 0.15) is 38.3 Å². The van der Waals surface area contributed by atoms with E-state index in [-0.39, 0.29) is 11.7 Å². The van der Waals surface area contributed by atoms with Gasteiger partial charge in [-0.15, -0.1) is 0 Å². The fraction of sp³-hybridized carbons (Fsp3) is 0.444. The Kier molecular flexibility index (Phi) is 9.88. The molecule has 2 aromatic carbocycles. The van der Waals surface area contributed by atoms with Crippen LogP contribution in [0.2, 0.25) is 13.1 Å². The molecule has 0 radical (unpaired) electrons. The van der Waals surface area contributed by atoms with Gasteiger partial charge < -0.3 is 9.84 Å². The van der Waals surface area contributed by atoms with Gasteiger partial charge in [0.15, 0.2) is 5.78 Å². The average molecular weight is 439 g/mol. The second kappa shape index (κ2) is 12.1. The number of carbonyl (C=O) groups excluding carboxylic acids is 1. The maximum Gasteiger partial charge on any atom is 0.160 e. The van der Waals surface area contributed by atoms with E-state index in [1.807, 2.05) is 56.3 Å². The van der Waals surface area contributed by atoms with Gasteiger partial charge in [0, 0.05) is 11.8 Å². The molecule has 0 saturated carbocycles. The van der Waals surface area contributed by atoms with Crippen LogP contribution in [-0.4, -0.2) is 31.7 Å². The van der Waals surface area contributed by atoms with Crippen LogP contribution in [0.25, 0.3) is 0 Å². The summed E-state index contributed by atoms with van der Waals surface area (Å²) in [4.78, 5) is 13.0. The number of aliphatic hydroxyl groups is 1. The van der Waals surface area contributed by atoms with Gasteiger partial charge in [-0.1, -0.05) is 105 Å². The molecule has 0 saturated heterocycles. The lowest BCUT2D eigenvalue weighted by atomic mass is 9.90. The Morgan fingerprint density at radius 3 is 2.10 bits per heavy atom. The third-order valence-corrected chi connectivity index (χ3v) is 9.62. The molecule has 0 heterocycles. The molecule has 0 unspecified atom stereocenters. The number of hydrogen-bond acceptors (Lipinski definition) is 3. The molecule has 31 heavy (non-hydrogen) atoms. The Hall–Kier alpha value is -2.01. The van der Waals surface area contributed by atoms with Crippen molar-refractivity contribution < 1.29 is 14.6 Å². The topological polar surface area (TPSA) is 46.5 Å². The average Bonchev–Trinajstić information content (AvgIpc) is 2.77. The van der Waals surface area contributed by atoms with Gasteiger partial charge in [-0.2, -0.15) is 0 Å². The molecule has 0 amide bonds. The number of benzene rings is 2. The highest BCUT2D eigenvalue weighted by atomic mass is 28.3. The van der Waals surface area contributed by atoms with Crippen molar-refractivity contribution in [3.63, 3.8) is 0 Å². The van der Waals surface area contributed by atoms with Gasteiger partial charge in [0.05, 0.1) is 27.4 Å². The molecular formula is C27H38O3Si. The van der Waals surface area contributed by atoms with Crippen molar-refractivity contribution in [2.24, 2.45) is 11.8 Å². The van der Waals surface area contributed by atoms with E-state index in [2.05, 4.69) is 44.3 Å². The first-order chi connectivity index (χ1) is 14.7. The number of ketones is 1. The summed E-state index contributed by atoms with van der Waals surface area (Å²) in [5.41, 5.74) is 2.43. The molecule has 0 spiro atoms. The largest absolute Gasteiger partial charge is 0.392 e. The van der Waals surface area contributed by atoms with E-state index in [1.54, 1.807) is 0 Å². The van der Waals surface area contributed by atoms with E-state index in [1.165, 1.54) is 10.8 Å². The minimum Gasteiger partial charge on any atom is -0.392 e. The van der Waals surface area contributed by atoms with Crippen LogP contribution >= 0.6 is 0 Å². The first-order valence-corrected chi connectivity index (χ1v) is 14.5. The molecule has 0 aliphatic rings. The van der Waals surface area contributed by atoms with Crippen LogP contribution in [0.4, 0.5) is 0 Å². The molecule has 0 bridgehead atoms. The molecule has 0 aromatic heterocycles. The first kappa shape index (κ1) is 25.2. The van der Waals surface area contributed by atoms with Crippen molar-refractivity contribution in [3.05, 3.63) is 83.1 Å². The summed E-state index contributed by atoms with van der Waals surface area (Å²) >= 11 is 0. The zero-order valence-electron chi connectivity index (χ0n) is 19.7. The standard InChI is InChI=1S/C27H38O3Si/c1-6-25(31(4,5)20-24-15-11-8-12-16-24)17-26(28)22(3)27(29)21(2)18-30-19-23-13-9-7-10-14-23/h7-17,21-22,27,29H,6,18-20H2,1-5H3/b25-17-/t21-,22-,27-/m0/s1. The van der Waals surface area contributed by atoms with Crippen LogP contribution in [0.15, 0.2) is 71.9 Å². The van der Waals surface area contributed by atoms with Gasteiger partial charge >= 0.3 is 0 Å². The van der Waals surface area contributed by atoms with Crippen molar-refractivity contribution >= 4 is 13.9 Å². The smallest absolute Gasteiger partial charge is 0.160 e. The molecule has 1 N–H and O–H groups in total. The summed E-state index contributed by atoms with van der Waals surface area (Å²) < 4.78 is 5.78. The quantitative estimate of drug-likeness (QED) is 0.338. The van der Waals surface area contributed by atoms with Crippen LogP contribution in [0.5, 0.6) is 0 Å². The van der Waals surface area contributed by atoms with Gasteiger partial charge in [0.1, 0.15) is 0 Å². The highest BCUT2D eigenvalue weighted by Gasteiger charge is 2.29. The SMILES string of the molecule is CC/C(=C/C(=O)[C@H](C)[C@@H](O)[C@@H](C)COCc1ccccc1)[Si](C)(C)Cc1ccccc1. The Morgan fingerprint density at radius 1 is 1.00 bits per heavy atom. The fourth-order valence-electron chi connectivity index (χ4n) is 4.00. The van der Waals surface area contributed by atoms with Crippen molar-refractivity contribution in [2.45, 2.75) is 59.0 Å².